The minimum absolute atomic E-state index is 0.0136. The number of benzene rings is 10. The molecule has 0 aliphatic rings. The lowest BCUT2D eigenvalue weighted by Gasteiger charge is -2.07. The predicted molar refractivity (Wildman–Crippen MR) is 572 cm³/mol. The van der Waals surface area contributed by atoms with Crippen LogP contribution in [-0.2, 0) is 23.7 Å². The summed E-state index contributed by atoms with van der Waals surface area (Å²) in [6.07, 6.45) is 0. The Morgan fingerprint density at radius 3 is 0.838 bits per heavy atom. The first-order valence-corrected chi connectivity index (χ1v) is 50.5. The van der Waals surface area contributed by atoms with Crippen molar-refractivity contribution in [1.82, 2.24) is 98.0 Å². The third kappa shape index (κ3) is 23.5. The SMILES string of the molecule is CCOC(=O)c1nn(-c2ccccc2Cl)c(-c2nc(-c3cccc(C)c3)no2)c1Br.CCOC(=O)c1nn(-c2ccccc2Cl)c(-c2nc(-c3cccc(C)c3)no2)c1Cl.CCOC(=O)c1nn(-c2ccccc2Cl)c(-c2nsc(-c3cccc(C)c3)n2)c1Cl.COC(=O)c1nn(-c2ccccc2Cl)c(-c2nc(-c3cccc(C)c3)no2)c1Br.COC(=O)c1nn(-c2ccccc2Cl)c(-c2nsc(-c3cccc(C)c3)n2)c1Cl. The number of hydrogen-bond acceptors (Lipinski definition) is 30. The van der Waals surface area contributed by atoms with E-state index in [9.17, 15) is 24.0 Å². The highest BCUT2D eigenvalue weighted by atomic mass is 79.9. The van der Waals surface area contributed by atoms with E-state index in [4.69, 9.17) is 130 Å². The zero-order valence-corrected chi connectivity index (χ0v) is 89.9. The minimum atomic E-state index is -0.659. The van der Waals surface area contributed by atoms with E-state index in [0.29, 0.717) is 114 Å². The summed E-state index contributed by atoms with van der Waals surface area (Å²) in [5.41, 5.74) is 14.3. The Morgan fingerprint density at radius 1 is 0.297 bits per heavy atom. The van der Waals surface area contributed by atoms with Gasteiger partial charge in [-0.3, -0.25) is 0 Å². The van der Waals surface area contributed by atoms with Crippen LogP contribution >= 0.6 is 148 Å². The van der Waals surface area contributed by atoms with Gasteiger partial charge in [0, 0.05) is 27.8 Å². The molecule has 0 amide bonds. The topological polar surface area (TPSA) is 389 Å². The molecule has 0 unspecified atom stereocenters. The average Bonchev–Trinajstić information content (AvgIpc) is 1.63. The Labute approximate surface area is 908 Å². The zero-order chi connectivity index (χ0) is 105. The van der Waals surface area contributed by atoms with E-state index >= 15 is 0 Å². The maximum absolute atomic E-state index is 12.4. The number of methoxy groups -OCH3 is 2. The van der Waals surface area contributed by atoms with Crippen molar-refractivity contribution < 1.29 is 61.2 Å². The second-order valence-corrected chi connectivity index (χ2v) is 37.7. The van der Waals surface area contributed by atoms with Crippen molar-refractivity contribution in [2.75, 3.05) is 34.0 Å². The van der Waals surface area contributed by atoms with E-state index in [2.05, 4.69) is 106 Å². The molecular formula is C103H76Br2Cl8N20O13S2. The van der Waals surface area contributed by atoms with Crippen LogP contribution in [0.2, 0.25) is 40.2 Å². The van der Waals surface area contributed by atoms with Crippen LogP contribution in [0.1, 0.15) is 101 Å². The van der Waals surface area contributed by atoms with Gasteiger partial charge in [0.25, 0.3) is 17.7 Å². The van der Waals surface area contributed by atoms with Crippen molar-refractivity contribution in [2.45, 2.75) is 55.4 Å². The first-order valence-electron chi connectivity index (χ1n) is 44.4. The zero-order valence-electron chi connectivity index (χ0n) is 79.1. The fourth-order valence-corrected chi connectivity index (χ4v) is 18.9. The van der Waals surface area contributed by atoms with E-state index in [1.165, 1.54) is 60.7 Å². The predicted octanol–water partition coefficient (Wildman–Crippen LogP) is 27.3. The van der Waals surface area contributed by atoms with Gasteiger partial charge >= 0.3 is 29.8 Å². The van der Waals surface area contributed by atoms with E-state index < -0.39 is 29.8 Å². The molecule has 0 aliphatic heterocycles. The third-order valence-corrected chi connectivity index (χ3v) is 26.9. The normalized spacial score (nSPS) is 10.9. The number of esters is 5. The number of halogens is 10. The number of ether oxygens (including phenoxy) is 5. The Kier molecular flexibility index (Phi) is 34.4. The Hall–Kier alpha value is -14.6. The second-order valence-electron chi connectivity index (χ2n) is 31.5. The van der Waals surface area contributed by atoms with Gasteiger partial charge in [-0.15, -0.1) is 0 Å². The van der Waals surface area contributed by atoms with Crippen LogP contribution < -0.4 is 0 Å². The summed E-state index contributed by atoms with van der Waals surface area (Å²) in [4.78, 5) is 84.3. The molecule has 0 fully saturated rings. The average molecular weight is 2310 g/mol. The number of hydrogen-bond donors (Lipinski definition) is 0. The molecule has 10 aromatic heterocycles. The summed E-state index contributed by atoms with van der Waals surface area (Å²) in [6, 6.07) is 74.6. The third-order valence-electron chi connectivity index (χ3n) is 21.2. The summed E-state index contributed by atoms with van der Waals surface area (Å²) >= 11 is 60.8. The van der Waals surface area contributed by atoms with Gasteiger partial charge in [-0.05, 0) is 201 Å². The summed E-state index contributed by atoms with van der Waals surface area (Å²) in [6.45, 7) is 15.7. The van der Waals surface area contributed by atoms with Crippen LogP contribution in [0.15, 0.2) is 265 Å². The fourth-order valence-electron chi connectivity index (χ4n) is 14.5. The van der Waals surface area contributed by atoms with Crippen LogP contribution in [0.25, 0.3) is 142 Å². The van der Waals surface area contributed by atoms with E-state index in [1.54, 1.807) is 118 Å². The number of aryl methyl sites for hydroxylation is 5. The van der Waals surface area contributed by atoms with Gasteiger partial charge in [0.2, 0.25) is 17.5 Å². The number of aromatic nitrogens is 20. The number of nitrogens with zero attached hydrogens (tertiary/aromatic N) is 20. The molecule has 20 aromatic rings. The summed E-state index contributed by atoms with van der Waals surface area (Å²) in [5, 5.41) is 38.0. The Balaban J connectivity index is 0.000000132. The first kappa shape index (κ1) is 106. The van der Waals surface area contributed by atoms with Crippen molar-refractivity contribution in [3.05, 3.63) is 348 Å². The van der Waals surface area contributed by atoms with Crippen LogP contribution in [0.4, 0.5) is 0 Å². The molecule has 0 aliphatic carbocycles. The minimum Gasteiger partial charge on any atom is -0.464 e. The number of para-hydroxylation sites is 5. The molecule has 10 aromatic carbocycles. The van der Waals surface area contributed by atoms with Crippen molar-refractivity contribution in [3.63, 3.8) is 0 Å². The van der Waals surface area contributed by atoms with Gasteiger partial charge < -0.3 is 37.3 Å². The second kappa shape index (κ2) is 47.9. The van der Waals surface area contributed by atoms with Gasteiger partial charge in [0.05, 0.1) is 96.5 Å². The van der Waals surface area contributed by atoms with Gasteiger partial charge in [-0.1, -0.05) is 288 Å². The quantitative estimate of drug-likeness (QED) is 0.0424. The molecule has 0 atom stereocenters. The molecule has 10 heterocycles. The number of carbonyl (C=O) groups is 5. The monoisotopic (exact) mass is 2300 g/mol. The molecule has 0 bridgehead atoms. The highest BCUT2D eigenvalue weighted by Crippen LogP contribution is 2.44. The fraction of sp³-hybridized carbons (Fsp3) is 0.126. The molecule has 748 valence electrons. The van der Waals surface area contributed by atoms with Crippen molar-refractivity contribution in [3.8, 4) is 142 Å². The molecule has 45 heteroatoms. The smallest absolute Gasteiger partial charge is 0.360 e. The Bertz CT molecular complexity index is 7720. The van der Waals surface area contributed by atoms with Crippen LogP contribution in [0.5, 0.6) is 0 Å². The summed E-state index contributed by atoms with van der Waals surface area (Å²) < 4.78 is 58.5. The standard InChI is InChI=1S/C21H16BrClN4O3.C21H16Cl2N4O3.C21H16Cl2N4O2S.C20H14BrClN4O3.C20H14Cl2N4O2S/c1-3-29-21(28)17-16(22)18(27(25-17)15-10-5-4-9-14(15)23)20-24-19(26-30-20)13-8-6-7-12(2)11-13;1-3-29-21(28)17-16(23)18(27(25-17)15-10-5-4-9-14(15)22)20-24-19(26-30-20)13-8-6-7-12(2)11-13;1-3-29-21(28)17-16(23)18(27(25-17)15-10-5-4-9-14(15)22)19-24-20(30-26-19)13-8-6-7-12(2)11-13;1-11-6-5-7-12(10-11)18-23-19(29-25-18)17-15(21)16(20(27)28-2)24-26(17)14-9-4-3-8-13(14)22;1-11-6-5-7-12(10-11)19-23-18(25-29-19)17-15(22)16(20(27)28-2)24-26(17)14-9-4-3-8-13(14)21/h3*4-11H,3H2,1-2H3;2*3-10H,1-2H3. The maximum atomic E-state index is 12.4. The van der Waals surface area contributed by atoms with Gasteiger partial charge in [-0.2, -0.15) is 49.2 Å². The summed E-state index contributed by atoms with van der Waals surface area (Å²) in [7, 11) is 2.55. The molecular weight excluding hydrogens is 2230 g/mol. The Morgan fingerprint density at radius 2 is 0.541 bits per heavy atom. The van der Waals surface area contributed by atoms with Crippen LogP contribution in [0, 0.1) is 34.6 Å². The first-order chi connectivity index (χ1) is 71.5. The van der Waals surface area contributed by atoms with Crippen molar-refractivity contribution >= 4 is 178 Å². The van der Waals surface area contributed by atoms with E-state index in [0.717, 1.165) is 65.6 Å². The van der Waals surface area contributed by atoms with Gasteiger partial charge in [-0.25, -0.2) is 57.3 Å². The van der Waals surface area contributed by atoms with Crippen molar-refractivity contribution in [1.29, 1.82) is 0 Å². The molecule has 0 spiro atoms. The lowest BCUT2D eigenvalue weighted by Crippen LogP contribution is -2.07. The lowest BCUT2D eigenvalue weighted by atomic mass is 10.1. The van der Waals surface area contributed by atoms with Crippen LogP contribution in [-0.4, -0.2) is 162 Å². The maximum Gasteiger partial charge on any atom is 0.360 e. The molecule has 0 saturated heterocycles. The van der Waals surface area contributed by atoms with Crippen LogP contribution in [0.3, 0.4) is 0 Å². The molecule has 33 nitrogen and oxygen atoms in total. The molecule has 20 rings (SSSR count). The molecule has 0 saturated carbocycles. The summed E-state index contributed by atoms with van der Waals surface area (Å²) in [5.74, 6) is -0.743. The molecule has 0 N–H and O–H groups in total. The largest absolute Gasteiger partial charge is 0.464 e. The van der Waals surface area contributed by atoms with E-state index in [1.807, 2.05) is 180 Å². The lowest BCUT2D eigenvalue weighted by molar-refractivity contribution is 0.0509. The molecule has 148 heavy (non-hydrogen) atoms. The molecule has 0 radical (unpaired) electrons. The number of rotatable bonds is 23. The van der Waals surface area contributed by atoms with E-state index in [-0.39, 0.29) is 86.7 Å². The highest BCUT2D eigenvalue weighted by Gasteiger charge is 2.36. The highest BCUT2D eigenvalue weighted by molar-refractivity contribution is 9.11. The van der Waals surface area contributed by atoms with Gasteiger partial charge in [0.1, 0.15) is 47.9 Å². The van der Waals surface area contributed by atoms with Crippen molar-refractivity contribution in [2.24, 2.45) is 0 Å². The number of carbonyl (C=O) groups excluding carboxylic acids is 5. The van der Waals surface area contributed by atoms with Gasteiger partial charge in [0.15, 0.2) is 45.8 Å².